The quantitative estimate of drug-likeness (QED) is 0.760. The first-order chi connectivity index (χ1) is 13.6. The topological polar surface area (TPSA) is 96.7 Å². The summed E-state index contributed by atoms with van der Waals surface area (Å²) in [4.78, 5) is 31.3. The van der Waals surface area contributed by atoms with Crippen LogP contribution in [0.15, 0.2) is 10.5 Å². The third-order valence-corrected chi connectivity index (χ3v) is 6.19. The predicted molar refractivity (Wildman–Crippen MR) is 103 cm³/mol. The van der Waals surface area contributed by atoms with Gasteiger partial charge in [-0.25, -0.2) is 9.78 Å². The van der Waals surface area contributed by atoms with Gasteiger partial charge in [-0.2, -0.15) is 0 Å². The second-order valence-electron chi connectivity index (χ2n) is 7.60. The molecule has 8 nitrogen and oxygen atoms in total. The third kappa shape index (κ3) is 2.74. The van der Waals surface area contributed by atoms with E-state index in [9.17, 15) is 9.59 Å². The fraction of sp³-hybridized carbons (Fsp3) is 0.526. The molecule has 1 saturated heterocycles. The van der Waals surface area contributed by atoms with E-state index in [1.54, 1.807) is 11.0 Å². The highest BCUT2D eigenvalue weighted by atomic mass is 35.5. The minimum absolute atomic E-state index is 0.0456. The van der Waals surface area contributed by atoms with E-state index < -0.39 is 5.54 Å². The monoisotopic (exact) mass is 404 g/mol. The fourth-order valence-corrected chi connectivity index (χ4v) is 4.81. The number of nitrogens with one attached hydrogen (secondary N) is 2. The zero-order valence-electron chi connectivity index (χ0n) is 15.3. The maximum absolute atomic E-state index is 12.8. The Labute approximate surface area is 166 Å². The van der Waals surface area contributed by atoms with Crippen molar-refractivity contribution >= 4 is 40.3 Å². The van der Waals surface area contributed by atoms with Gasteiger partial charge in [0.2, 0.25) is 0 Å². The van der Waals surface area contributed by atoms with Crippen LogP contribution in [0.25, 0.3) is 11.1 Å². The first-order valence-electron chi connectivity index (χ1n) is 9.67. The number of nitrogens with zero attached hydrogens (tertiary/aromatic N) is 2. The largest absolute Gasteiger partial charge is 0.432 e. The SMILES string of the molecule is O=C1Nc2c(Cl)cc3nc(C(=O)N4CCOCC4)oc3c2C2(CCCCC2)N1. The molecular weight excluding hydrogens is 384 g/mol. The molecule has 1 aromatic carbocycles. The molecule has 2 fully saturated rings. The normalized spacial score (nSPS) is 21.3. The average molecular weight is 405 g/mol. The van der Waals surface area contributed by atoms with Gasteiger partial charge in [-0.3, -0.25) is 4.79 Å². The minimum Gasteiger partial charge on any atom is -0.432 e. The molecular formula is C19H21ClN4O4. The van der Waals surface area contributed by atoms with Crippen LogP contribution < -0.4 is 10.6 Å². The molecule has 5 rings (SSSR count). The Morgan fingerprint density at radius 2 is 1.96 bits per heavy atom. The highest BCUT2D eigenvalue weighted by Gasteiger charge is 2.44. The standard InChI is InChI=1S/C19H21ClN4O4/c20-11-10-12-15(28-16(21-12)17(25)24-6-8-27-9-7-24)13-14(11)22-18(26)23-19(13)4-2-1-3-5-19/h10H,1-9H2,(H2,22,23,26). The number of amides is 3. The zero-order valence-corrected chi connectivity index (χ0v) is 16.1. The van der Waals surface area contributed by atoms with Gasteiger partial charge < -0.3 is 24.7 Å². The van der Waals surface area contributed by atoms with Crippen LogP contribution >= 0.6 is 11.6 Å². The third-order valence-electron chi connectivity index (χ3n) is 5.89. The van der Waals surface area contributed by atoms with E-state index in [0.717, 1.165) is 37.7 Å². The number of fused-ring (bicyclic) bond motifs is 4. The van der Waals surface area contributed by atoms with E-state index in [-0.39, 0.29) is 17.8 Å². The molecule has 3 heterocycles. The number of oxazole rings is 1. The fourth-order valence-electron chi connectivity index (χ4n) is 4.56. The van der Waals surface area contributed by atoms with Crippen molar-refractivity contribution in [3.05, 3.63) is 22.5 Å². The van der Waals surface area contributed by atoms with Crippen LogP contribution in [-0.4, -0.2) is 48.1 Å². The van der Waals surface area contributed by atoms with Crippen molar-refractivity contribution in [2.45, 2.75) is 37.6 Å². The molecule has 2 aliphatic heterocycles. The van der Waals surface area contributed by atoms with Crippen molar-refractivity contribution in [2.24, 2.45) is 0 Å². The molecule has 0 atom stereocenters. The Hall–Kier alpha value is -2.32. The number of hydrogen-bond acceptors (Lipinski definition) is 5. The maximum Gasteiger partial charge on any atom is 0.319 e. The molecule has 2 aromatic rings. The number of halogens is 1. The first kappa shape index (κ1) is 17.8. The molecule has 3 aliphatic rings. The summed E-state index contributed by atoms with van der Waals surface area (Å²) in [5, 5.41) is 6.32. The summed E-state index contributed by atoms with van der Waals surface area (Å²) < 4.78 is 11.3. The number of morpholine rings is 1. The Bertz CT molecular complexity index is 960. The van der Waals surface area contributed by atoms with E-state index >= 15 is 0 Å². The number of anilines is 1. The van der Waals surface area contributed by atoms with Crippen LogP contribution in [-0.2, 0) is 10.3 Å². The van der Waals surface area contributed by atoms with Crippen LogP contribution in [0.5, 0.6) is 0 Å². The van der Waals surface area contributed by atoms with Gasteiger partial charge in [-0.05, 0) is 18.9 Å². The molecule has 0 unspecified atom stereocenters. The molecule has 0 radical (unpaired) electrons. The lowest BCUT2D eigenvalue weighted by Gasteiger charge is -2.42. The van der Waals surface area contributed by atoms with Gasteiger partial charge in [0.15, 0.2) is 5.58 Å². The van der Waals surface area contributed by atoms with Gasteiger partial charge in [0.1, 0.15) is 5.52 Å². The van der Waals surface area contributed by atoms with Crippen LogP contribution in [0.1, 0.15) is 48.4 Å². The summed E-state index contributed by atoms with van der Waals surface area (Å²) in [7, 11) is 0. The Kier molecular flexibility index (Phi) is 4.21. The van der Waals surface area contributed by atoms with Gasteiger partial charge in [0.05, 0.1) is 29.5 Å². The number of benzene rings is 1. The van der Waals surface area contributed by atoms with Gasteiger partial charge in [0, 0.05) is 18.7 Å². The van der Waals surface area contributed by atoms with Gasteiger partial charge >= 0.3 is 11.9 Å². The molecule has 3 amide bonds. The molecule has 0 bridgehead atoms. The van der Waals surface area contributed by atoms with Crippen molar-refractivity contribution in [3.63, 3.8) is 0 Å². The van der Waals surface area contributed by atoms with Gasteiger partial charge in [-0.1, -0.05) is 30.9 Å². The van der Waals surface area contributed by atoms with E-state index in [1.165, 1.54) is 0 Å². The second-order valence-corrected chi connectivity index (χ2v) is 8.01. The van der Waals surface area contributed by atoms with Crippen molar-refractivity contribution < 1.29 is 18.7 Å². The van der Waals surface area contributed by atoms with Crippen LogP contribution in [0, 0.1) is 0 Å². The maximum atomic E-state index is 12.8. The van der Waals surface area contributed by atoms with Crippen molar-refractivity contribution in [3.8, 4) is 0 Å². The Morgan fingerprint density at radius 3 is 2.71 bits per heavy atom. The number of urea groups is 1. The van der Waals surface area contributed by atoms with E-state index in [4.69, 9.17) is 20.8 Å². The summed E-state index contributed by atoms with van der Waals surface area (Å²) in [6.45, 7) is 2.04. The number of ether oxygens (including phenoxy) is 1. The molecule has 1 spiro atoms. The first-order valence-corrected chi connectivity index (χ1v) is 10.0. The number of rotatable bonds is 1. The van der Waals surface area contributed by atoms with E-state index in [0.29, 0.717) is 48.1 Å². The lowest BCUT2D eigenvalue weighted by Crippen LogP contribution is -2.52. The Morgan fingerprint density at radius 1 is 1.21 bits per heavy atom. The predicted octanol–water partition coefficient (Wildman–Crippen LogP) is 3.25. The zero-order chi connectivity index (χ0) is 19.3. The summed E-state index contributed by atoms with van der Waals surface area (Å²) in [5.41, 5.74) is 1.87. The minimum atomic E-state index is -0.544. The molecule has 2 N–H and O–H groups in total. The summed E-state index contributed by atoms with van der Waals surface area (Å²) in [6, 6.07) is 1.39. The summed E-state index contributed by atoms with van der Waals surface area (Å²) >= 11 is 6.49. The Balaban J connectivity index is 1.65. The lowest BCUT2D eigenvalue weighted by molar-refractivity contribution is 0.0279. The highest BCUT2D eigenvalue weighted by Crippen LogP contribution is 2.48. The van der Waals surface area contributed by atoms with E-state index in [2.05, 4.69) is 15.6 Å². The number of carbonyl (C=O) groups excluding carboxylic acids is 2. The molecule has 1 aliphatic carbocycles. The molecule has 148 valence electrons. The van der Waals surface area contributed by atoms with Crippen molar-refractivity contribution in [1.82, 2.24) is 15.2 Å². The van der Waals surface area contributed by atoms with Crippen LogP contribution in [0.4, 0.5) is 10.5 Å². The van der Waals surface area contributed by atoms with Crippen LogP contribution in [0.3, 0.4) is 0 Å². The van der Waals surface area contributed by atoms with Crippen LogP contribution in [0.2, 0.25) is 5.02 Å². The summed E-state index contributed by atoms with van der Waals surface area (Å²) in [5.74, 6) is -0.209. The molecule has 1 aromatic heterocycles. The average Bonchev–Trinajstić information content (AvgIpc) is 3.12. The molecule has 1 saturated carbocycles. The lowest BCUT2D eigenvalue weighted by atomic mass is 9.74. The van der Waals surface area contributed by atoms with Gasteiger partial charge in [-0.15, -0.1) is 0 Å². The highest BCUT2D eigenvalue weighted by molar-refractivity contribution is 6.35. The number of carbonyl (C=O) groups is 2. The summed E-state index contributed by atoms with van der Waals surface area (Å²) in [6.07, 6.45) is 4.73. The molecule has 28 heavy (non-hydrogen) atoms. The van der Waals surface area contributed by atoms with Gasteiger partial charge in [0.25, 0.3) is 5.89 Å². The number of hydrogen-bond donors (Lipinski definition) is 2. The van der Waals surface area contributed by atoms with Crippen molar-refractivity contribution in [1.29, 1.82) is 0 Å². The molecule has 9 heteroatoms. The second kappa shape index (κ2) is 6.63. The number of aromatic nitrogens is 1. The van der Waals surface area contributed by atoms with Crippen molar-refractivity contribution in [2.75, 3.05) is 31.6 Å². The smallest absolute Gasteiger partial charge is 0.319 e. The van der Waals surface area contributed by atoms with E-state index in [1.807, 2.05) is 0 Å².